The van der Waals surface area contributed by atoms with E-state index in [-0.39, 0.29) is 18.2 Å². The number of anilines is 1. The number of aryl methyl sites for hydroxylation is 2. The molecule has 3 aromatic carbocycles. The quantitative estimate of drug-likeness (QED) is 0.320. The number of rotatable bonds is 4. The molecule has 1 amide bonds. The van der Waals surface area contributed by atoms with Crippen LogP contribution in [-0.2, 0) is 22.8 Å². The van der Waals surface area contributed by atoms with Crippen LogP contribution < -0.4 is 5.32 Å². The minimum Gasteiger partial charge on any atom is -0.380 e. The number of amides is 1. The lowest BCUT2D eigenvalue weighted by molar-refractivity contribution is -0.137. The van der Waals surface area contributed by atoms with Gasteiger partial charge in [-0.1, -0.05) is 30.3 Å². The predicted octanol–water partition coefficient (Wildman–Crippen LogP) is 6.47. The van der Waals surface area contributed by atoms with E-state index in [1.807, 2.05) is 42.8 Å². The van der Waals surface area contributed by atoms with E-state index < -0.39 is 29.4 Å². The molecule has 0 aliphatic carbocycles. The van der Waals surface area contributed by atoms with Gasteiger partial charge in [0.15, 0.2) is 0 Å². The zero-order chi connectivity index (χ0) is 26.3. The topological polar surface area (TPSA) is 56.1 Å². The van der Waals surface area contributed by atoms with Gasteiger partial charge >= 0.3 is 6.18 Å². The molecule has 2 heterocycles. The van der Waals surface area contributed by atoms with Gasteiger partial charge in [-0.25, -0.2) is 9.37 Å². The van der Waals surface area contributed by atoms with Crippen LogP contribution >= 0.6 is 0 Å². The minimum absolute atomic E-state index is 0.0445. The highest BCUT2D eigenvalue weighted by Gasteiger charge is 2.32. The lowest BCUT2D eigenvalue weighted by Gasteiger charge is -2.29. The maximum Gasteiger partial charge on any atom is 0.416 e. The molecule has 0 saturated carbocycles. The van der Waals surface area contributed by atoms with Crippen LogP contribution in [0.2, 0.25) is 0 Å². The Morgan fingerprint density at radius 3 is 2.46 bits per heavy atom. The number of hydrogen-bond donors (Lipinski definition) is 1. The summed E-state index contributed by atoms with van der Waals surface area (Å²) in [5.41, 5.74) is 3.70. The Morgan fingerprint density at radius 2 is 1.76 bits per heavy atom. The molecule has 0 radical (unpaired) electrons. The fourth-order valence-corrected chi connectivity index (χ4v) is 4.72. The lowest BCUT2D eigenvalue weighted by atomic mass is 9.86. The molecule has 2 unspecified atom stereocenters. The Hall–Kier alpha value is -3.72. The van der Waals surface area contributed by atoms with Crippen molar-refractivity contribution in [3.8, 4) is 11.1 Å². The first-order valence-corrected chi connectivity index (χ1v) is 11.9. The molecule has 5 nitrogen and oxygen atoms in total. The number of halogens is 4. The third-order valence-corrected chi connectivity index (χ3v) is 6.95. The van der Waals surface area contributed by atoms with Gasteiger partial charge in [-0.2, -0.15) is 13.2 Å². The highest BCUT2D eigenvalue weighted by molar-refractivity contribution is 5.93. The van der Waals surface area contributed by atoms with E-state index in [0.29, 0.717) is 19.1 Å². The van der Waals surface area contributed by atoms with Crippen LogP contribution in [0.5, 0.6) is 0 Å². The second-order valence-corrected chi connectivity index (χ2v) is 9.39. The van der Waals surface area contributed by atoms with Gasteiger partial charge in [-0.3, -0.25) is 4.79 Å². The van der Waals surface area contributed by atoms with Crippen molar-refractivity contribution >= 4 is 22.6 Å². The largest absolute Gasteiger partial charge is 0.416 e. The molecule has 1 aromatic heterocycles. The van der Waals surface area contributed by atoms with Crippen molar-refractivity contribution in [2.75, 3.05) is 18.5 Å². The Morgan fingerprint density at radius 1 is 1.03 bits per heavy atom. The molecule has 2 atom stereocenters. The molecule has 4 aromatic rings. The maximum absolute atomic E-state index is 14.2. The summed E-state index contributed by atoms with van der Waals surface area (Å²) in [6.07, 6.45) is -4.18. The molecule has 1 saturated heterocycles. The number of aromatic nitrogens is 2. The molecule has 1 N–H and O–H groups in total. The summed E-state index contributed by atoms with van der Waals surface area (Å²) in [4.78, 5) is 17.4. The first-order chi connectivity index (χ1) is 17.6. The maximum atomic E-state index is 14.2. The molecular weight excluding hydrogens is 486 g/mol. The molecule has 9 heteroatoms. The highest BCUT2D eigenvalue weighted by Crippen LogP contribution is 2.34. The summed E-state index contributed by atoms with van der Waals surface area (Å²) in [7, 11) is 1.99. The van der Waals surface area contributed by atoms with Gasteiger partial charge in [0.25, 0.3) is 0 Å². The van der Waals surface area contributed by atoms with Crippen LogP contribution in [0.15, 0.2) is 60.7 Å². The van der Waals surface area contributed by atoms with Gasteiger partial charge < -0.3 is 14.6 Å². The fourth-order valence-electron chi connectivity index (χ4n) is 4.72. The Bertz CT molecular complexity index is 1460. The molecule has 192 valence electrons. The monoisotopic (exact) mass is 511 g/mol. The number of fused-ring (bicyclic) bond motifs is 1. The number of hydrogen-bond acceptors (Lipinski definition) is 3. The van der Waals surface area contributed by atoms with Crippen molar-refractivity contribution in [1.29, 1.82) is 0 Å². The van der Waals surface area contributed by atoms with Crippen molar-refractivity contribution in [3.63, 3.8) is 0 Å². The van der Waals surface area contributed by atoms with E-state index in [1.165, 1.54) is 0 Å². The van der Waals surface area contributed by atoms with Gasteiger partial charge in [0.05, 0.1) is 41.4 Å². The average Bonchev–Trinajstić information content (AvgIpc) is 3.17. The van der Waals surface area contributed by atoms with E-state index in [2.05, 4.69) is 28.5 Å². The Balaban J connectivity index is 1.27. The molecular formula is C28H25F4N3O2. The summed E-state index contributed by atoms with van der Waals surface area (Å²) in [6, 6.07) is 16.3. The summed E-state index contributed by atoms with van der Waals surface area (Å²) >= 11 is 0. The molecule has 0 bridgehead atoms. The SMILES string of the molecule is Cc1nc2cc(-c3ccc(C4COCC(C(=O)Nc5ccc(C(F)(F)F)cc5F)C4)cc3)ccc2n1C. The summed E-state index contributed by atoms with van der Waals surface area (Å²) in [6.45, 7) is 2.57. The van der Waals surface area contributed by atoms with Crippen molar-refractivity contribution in [2.24, 2.45) is 13.0 Å². The number of imidazole rings is 1. The van der Waals surface area contributed by atoms with Gasteiger partial charge in [0.2, 0.25) is 5.91 Å². The number of carbonyl (C=O) groups is 1. The summed E-state index contributed by atoms with van der Waals surface area (Å²) in [5, 5.41) is 2.41. The van der Waals surface area contributed by atoms with Gasteiger partial charge in [0, 0.05) is 13.0 Å². The third-order valence-electron chi connectivity index (χ3n) is 6.95. The van der Waals surface area contributed by atoms with Crippen LogP contribution in [0.3, 0.4) is 0 Å². The first kappa shape index (κ1) is 25.0. The van der Waals surface area contributed by atoms with Crippen molar-refractivity contribution in [2.45, 2.75) is 25.4 Å². The third kappa shape index (κ3) is 5.09. The second-order valence-electron chi connectivity index (χ2n) is 9.39. The number of nitrogens with one attached hydrogen (secondary N) is 1. The Kier molecular flexibility index (Phi) is 6.49. The molecule has 1 aliphatic heterocycles. The van der Waals surface area contributed by atoms with Gasteiger partial charge in [-0.05, 0) is 60.4 Å². The number of nitrogens with zero attached hydrogens (tertiary/aromatic N) is 2. The smallest absolute Gasteiger partial charge is 0.380 e. The van der Waals surface area contributed by atoms with Crippen LogP contribution in [0.1, 0.15) is 29.3 Å². The van der Waals surface area contributed by atoms with Crippen molar-refractivity contribution in [3.05, 3.63) is 83.4 Å². The number of carbonyl (C=O) groups excluding carboxylic acids is 1. The van der Waals surface area contributed by atoms with E-state index in [0.717, 1.165) is 45.7 Å². The second kappa shape index (κ2) is 9.63. The molecule has 37 heavy (non-hydrogen) atoms. The Labute approximate surface area is 211 Å². The van der Waals surface area contributed by atoms with E-state index >= 15 is 0 Å². The van der Waals surface area contributed by atoms with E-state index in [9.17, 15) is 22.4 Å². The summed E-state index contributed by atoms with van der Waals surface area (Å²) in [5.74, 6) is -1.28. The number of alkyl halides is 3. The molecule has 5 rings (SSSR count). The molecule has 0 spiro atoms. The van der Waals surface area contributed by atoms with Gasteiger partial charge in [-0.15, -0.1) is 0 Å². The minimum atomic E-state index is -4.66. The lowest BCUT2D eigenvalue weighted by Crippen LogP contribution is -2.33. The fraction of sp³-hybridized carbons (Fsp3) is 0.286. The van der Waals surface area contributed by atoms with Gasteiger partial charge in [0.1, 0.15) is 11.6 Å². The van der Waals surface area contributed by atoms with Crippen LogP contribution in [0.25, 0.3) is 22.2 Å². The zero-order valence-corrected chi connectivity index (χ0v) is 20.3. The van der Waals surface area contributed by atoms with Crippen LogP contribution in [0.4, 0.5) is 23.2 Å². The molecule has 1 aliphatic rings. The number of benzene rings is 3. The van der Waals surface area contributed by atoms with Crippen molar-refractivity contribution < 1.29 is 27.1 Å². The summed E-state index contributed by atoms with van der Waals surface area (Å²) < 4.78 is 60.2. The van der Waals surface area contributed by atoms with E-state index in [4.69, 9.17) is 4.74 Å². The number of ether oxygens (including phenoxy) is 1. The van der Waals surface area contributed by atoms with Crippen molar-refractivity contribution in [1.82, 2.24) is 9.55 Å². The predicted molar refractivity (Wildman–Crippen MR) is 133 cm³/mol. The highest BCUT2D eigenvalue weighted by atomic mass is 19.4. The zero-order valence-electron chi connectivity index (χ0n) is 20.3. The van der Waals surface area contributed by atoms with Crippen LogP contribution in [0, 0.1) is 18.7 Å². The van der Waals surface area contributed by atoms with E-state index in [1.54, 1.807) is 0 Å². The first-order valence-electron chi connectivity index (χ1n) is 11.9. The van der Waals surface area contributed by atoms with Crippen LogP contribution in [-0.4, -0.2) is 28.7 Å². The standard InChI is InChI=1S/C28H25F4N3O2/c1-16-33-25-12-19(7-10-26(25)35(16)2)17-3-5-18(6-4-17)20-11-21(15-37-14-20)27(36)34-24-9-8-22(13-23(24)29)28(30,31)32/h3-10,12-13,20-21H,11,14-15H2,1-2H3,(H,34,36). The molecule has 1 fully saturated rings. The average molecular weight is 512 g/mol. The normalized spacial score (nSPS) is 18.2.